The molecule has 132 valence electrons. The van der Waals surface area contributed by atoms with Crippen molar-refractivity contribution in [2.75, 3.05) is 0 Å². The fraction of sp³-hybridized carbons (Fsp3) is 0.167. The van der Waals surface area contributed by atoms with Crippen LogP contribution >= 0.6 is 11.6 Å². The van der Waals surface area contributed by atoms with Crippen LogP contribution in [0.5, 0.6) is 0 Å². The number of aromatic nitrogens is 2. The molecule has 2 bridgehead atoms. The standard InChI is InChI=1S/C18H13ClFN3O2S/c19-10-4-6-11(7-5-10)26(24,25)23-16-8-15-13(9-21-22-15)18(23)17-12(16)2-1-3-14(17)20/h1-7,9,16,18H,8H2,(H,21,22). The van der Waals surface area contributed by atoms with Crippen molar-refractivity contribution in [3.05, 3.63) is 81.9 Å². The van der Waals surface area contributed by atoms with Gasteiger partial charge in [-0.3, -0.25) is 5.10 Å². The second-order valence-corrected chi connectivity index (χ2v) is 8.74. The molecule has 0 saturated heterocycles. The zero-order valence-corrected chi connectivity index (χ0v) is 14.9. The predicted octanol–water partition coefficient (Wildman–Crippen LogP) is 3.59. The third kappa shape index (κ3) is 2.05. The van der Waals surface area contributed by atoms with Gasteiger partial charge in [-0.05, 0) is 35.9 Å². The van der Waals surface area contributed by atoms with E-state index in [4.69, 9.17) is 11.6 Å². The van der Waals surface area contributed by atoms with Crippen LogP contribution in [0.1, 0.15) is 34.5 Å². The quantitative estimate of drug-likeness (QED) is 0.728. The van der Waals surface area contributed by atoms with Crippen LogP contribution in [-0.4, -0.2) is 22.9 Å². The number of hydrogen-bond donors (Lipinski definition) is 1. The fourth-order valence-electron chi connectivity index (χ4n) is 4.02. The average molecular weight is 390 g/mol. The van der Waals surface area contributed by atoms with Gasteiger partial charge in [0, 0.05) is 28.3 Å². The van der Waals surface area contributed by atoms with Gasteiger partial charge in [-0.2, -0.15) is 9.40 Å². The average Bonchev–Trinajstić information content (AvgIpc) is 3.18. The van der Waals surface area contributed by atoms with Crippen molar-refractivity contribution in [1.82, 2.24) is 14.5 Å². The molecule has 2 aromatic carbocycles. The molecule has 3 aromatic rings. The molecule has 8 heteroatoms. The number of fused-ring (bicyclic) bond motifs is 7. The zero-order valence-electron chi connectivity index (χ0n) is 13.4. The van der Waals surface area contributed by atoms with Crippen LogP contribution in [0.25, 0.3) is 0 Å². The maximum absolute atomic E-state index is 14.7. The summed E-state index contributed by atoms with van der Waals surface area (Å²) in [6.45, 7) is 0. The molecule has 0 spiro atoms. The van der Waals surface area contributed by atoms with E-state index in [1.165, 1.54) is 34.6 Å². The Labute approximate surface area is 154 Å². The first-order valence-electron chi connectivity index (χ1n) is 8.08. The first-order valence-corrected chi connectivity index (χ1v) is 9.90. The van der Waals surface area contributed by atoms with E-state index >= 15 is 0 Å². The monoisotopic (exact) mass is 389 g/mol. The summed E-state index contributed by atoms with van der Waals surface area (Å²) in [6.07, 6.45) is 2.01. The van der Waals surface area contributed by atoms with E-state index in [2.05, 4.69) is 10.2 Å². The van der Waals surface area contributed by atoms with Crippen molar-refractivity contribution >= 4 is 21.6 Å². The van der Waals surface area contributed by atoms with Gasteiger partial charge in [-0.15, -0.1) is 0 Å². The van der Waals surface area contributed by atoms with Gasteiger partial charge < -0.3 is 0 Å². The second-order valence-electron chi connectivity index (χ2n) is 6.46. The highest BCUT2D eigenvalue weighted by atomic mass is 35.5. The minimum absolute atomic E-state index is 0.136. The molecular formula is C18H13ClFN3O2S. The van der Waals surface area contributed by atoms with Gasteiger partial charge in [0.1, 0.15) is 5.82 Å². The summed E-state index contributed by atoms with van der Waals surface area (Å²) >= 11 is 5.89. The molecule has 5 rings (SSSR count). The van der Waals surface area contributed by atoms with E-state index in [0.717, 1.165) is 5.69 Å². The summed E-state index contributed by atoms with van der Waals surface area (Å²) in [5.41, 5.74) is 2.66. The molecule has 2 aliphatic rings. The molecule has 1 aromatic heterocycles. The maximum Gasteiger partial charge on any atom is 0.244 e. The molecule has 0 amide bonds. The fourth-order valence-corrected chi connectivity index (χ4v) is 5.89. The smallest absolute Gasteiger partial charge is 0.244 e. The van der Waals surface area contributed by atoms with E-state index in [1.54, 1.807) is 18.3 Å². The molecule has 3 heterocycles. The van der Waals surface area contributed by atoms with Crippen LogP contribution < -0.4 is 0 Å². The van der Waals surface area contributed by atoms with Crippen LogP contribution in [0.15, 0.2) is 53.6 Å². The lowest BCUT2D eigenvalue weighted by Crippen LogP contribution is -2.37. The number of sulfonamides is 1. The minimum Gasteiger partial charge on any atom is -0.282 e. The van der Waals surface area contributed by atoms with Crippen molar-refractivity contribution in [3.63, 3.8) is 0 Å². The van der Waals surface area contributed by atoms with Gasteiger partial charge >= 0.3 is 0 Å². The first kappa shape index (κ1) is 16.0. The molecule has 5 nitrogen and oxygen atoms in total. The Morgan fingerprint density at radius 2 is 1.92 bits per heavy atom. The molecule has 2 unspecified atom stereocenters. The third-order valence-corrected chi connectivity index (χ3v) is 7.25. The topological polar surface area (TPSA) is 66.1 Å². The number of aromatic amines is 1. The van der Waals surface area contributed by atoms with E-state index < -0.39 is 27.9 Å². The van der Waals surface area contributed by atoms with Gasteiger partial charge in [0.25, 0.3) is 0 Å². The largest absolute Gasteiger partial charge is 0.282 e. The first-order chi connectivity index (χ1) is 12.5. The summed E-state index contributed by atoms with van der Waals surface area (Å²) in [5.74, 6) is -0.402. The molecule has 0 aliphatic carbocycles. The van der Waals surface area contributed by atoms with Crippen molar-refractivity contribution < 1.29 is 12.8 Å². The molecule has 2 atom stereocenters. The predicted molar refractivity (Wildman–Crippen MR) is 93.8 cm³/mol. The molecule has 0 saturated carbocycles. The Bertz CT molecular complexity index is 1130. The van der Waals surface area contributed by atoms with E-state index in [1.807, 2.05) is 0 Å². The second kappa shape index (κ2) is 5.39. The van der Waals surface area contributed by atoms with Crippen LogP contribution in [0.4, 0.5) is 4.39 Å². The van der Waals surface area contributed by atoms with Crippen molar-refractivity contribution in [3.8, 4) is 0 Å². The number of rotatable bonds is 2. The lowest BCUT2D eigenvalue weighted by atomic mass is 10.00. The van der Waals surface area contributed by atoms with E-state index in [9.17, 15) is 12.8 Å². The molecule has 0 radical (unpaired) electrons. The van der Waals surface area contributed by atoms with Crippen molar-refractivity contribution in [1.29, 1.82) is 0 Å². The molecule has 26 heavy (non-hydrogen) atoms. The number of hydrogen-bond acceptors (Lipinski definition) is 3. The van der Waals surface area contributed by atoms with Crippen LogP contribution in [0, 0.1) is 5.82 Å². The van der Waals surface area contributed by atoms with Crippen molar-refractivity contribution in [2.24, 2.45) is 0 Å². The van der Waals surface area contributed by atoms with Gasteiger partial charge in [-0.1, -0.05) is 23.7 Å². The van der Waals surface area contributed by atoms with Gasteiger partial charge in [0.05, 0.1) is 23.2 Å². The highest BCUT2D eigenvalue weighted by Gasteiger charge is 2.51. The normalized spacial score (nSPS) is 21.5. The summed E-state index contributed by atoms with van der Waals surface area (Å²) in [6, 6.07) is 9.62. The summed E-state index contributed by atoms with van der Waals surface area (Å²) in [7, 11) is -3.85. The summed E-state index contributed by atoms with van der Waals surface area (Å²) < 4.78 is 42.9. The zero-order chi connectivity index (χ0) is 18.1. The number of H-pyrrole nitrogens is 1. The summed E-state index contributed by atoms with van der Waals surface area (Å²) in [4.78, 5) is 0.136. The Morgan fingerprint density at radius 1 is 1.15 bits per heavy atom. The Kier molecular flexibility index (Phi) is 3.31. The van der Waals surface area contributed by atoms with Crippen molar-refractivity contribution in [2.45, 2.75) is 23.4 Å². The molecule has 2 aliphatic heterocycles. The number of halogens is 2. The van der Waals surface area contributed by atoms with Gasteiger partial charge in [0.2, 0.25) is 10.0 Å². The van der Waals surface area contributed by atoms with Crippen LogP contribution in [-0.2, 0) is 16.4 Å². The number of nitrogens with one attached hydrogen (secondary N) is 1. The highest BCUT2D eigenvalue weighted by Crippen LogP contribution is 2.54. The number of nitrogens with zero attached hydrogens (tertiary/aromatic N) is 2. The molecular weight excluding hydrogens is 377 g/mol. The lowest BCUT2D eigenvalue weighted by molar-refractivity contribution is 0.290. The van der Waals surface area contributed by atoms with E-state index in [-0.39, 0.29) is 4.90 Å². The Morgan fingerprint density at radius 3 is 2.69 bits per heavy atom. The number of benzene rings is 2. The Hall–Kier alpha value is -2.22. The van der Waals surface area contributed by atoms with Gasteiger partial charge in [-0.25, -0.2) is 12.8 Å². The third-order valence-electron chi connectivity index (χ3n) is 5.11. The van der Waals surface area contributed by atoms with Gasteiger partial charge in [0.15, 0.2) is 0 Å². The minimum atomic E-state index is -3.85. The summed E-state index contributed by atoms with van der Waals surface area (Å²) in [5, 5.41) is 7.42. The Balaban J connectivity index is 1.74. The molecule has 0 fully saturated rings. The lowest BCUT2D eigenvalue weighted by Gasteiger charge is -2.33. The maximum atomic E-state index is 14.7. The van der Waals surface area contributed by atoms with Crippen LogP contribution in [0.2, 0.25) is 5.02 Å². The van der Waals surface area contributed by atoms with E-state index in [0.29, 0.717) is 28.1 Å². The highest BCUT2D eigenvalue weighted by molar-refractivity contribution is 7.89. The molecule has 1 N–H and O–H groups in total. The SMILES string of the molecule is O=S(=O)(c1ccc(Cl)cc1)N1C2Cc3[nH]ncc3C1c1c(F)cccc12. The van der Waals surface area contributed by atoms with Crippen LogP contribution in [0.3, 0.4) is 0 Å².